The summed E-state index contributed by atoms with van der Waals surface area (Å²) in [4.78, 5) is 1.50. The summed E-state index contributed by atoms with van der Waals surface area (Å²) in [5.41, 5.74) is -7.85. The SMILES string of the molecule is CCN(c1ccc(C#N)c(C(F)(F)F)c1)C1C=C(OS(=O)(=O)C(F)(F)F)CCC1(C)C. The van der Waals surface area contributed by atoms with Crippen molar-refractivity contribution >= 4 is 15.8 Å². The summed E-state index contributed by atoms with van der Waals surface area (Å²) in [5.74, 6) is -0.426. The van der Waals surface area contributed by atoms with Gasteiger partial charge in [0.05, 0.1) is 23.2 Å². The lowest BCUT2D eigenvalue weighted by Crippen LogP contribution is -2.46. The second kappa shape index (κ2) is 8.26. The van der Waals surface area contributed by atoms with Gasteiger partial charge in [0.25, 0.3) is 0 Å². The standard InChI is InChI=1S/C19H20F6N2O3S/c1-4-27(13-6-5-12(11-26)15(9-13)18(20,21)22)16-10-14(7-8-17(16,2)3)30-31(28,29)19(23,24)25/h5-6,9-10,16H,4,7-8H2,1-3H3. The highest BCUT2D eigenvalue weighted by Crippen LogP contribution is 2.42. The van der Waals surface area contributed by atoms with Crippen LogP contribution in [0, 0.1) is 16.7 Å². The van der Waals surface area contributed by atoms with Crippen LogP contribution in [0.2, 0.25) is 0 Å². The number of hydrogen-bond donors (Lipinski definition) is 0. The van der Waals surface area contributed by atoms with Gasteiger partial charge < -0.3 is 9.08 Å². The summed E-state index contributed by atoms with van der Waals surface area (Å²) in [6.07, 6.45) is -3.44. The van der Waals surface area contributed by atoms with Crippen LogP contribution in [-0.4, -0.2) is 26.5 Å². The third-order valence-electron chi connectivity index (χ3n) is 5.10. The number of halogens is 6. The first kappa shape index (κ1) is 24.8. The summed E-state index contributed by atoms with van der Waals surface area (Å²) in [7, 11) is -5.86. The van der Waals surface area contributed by atoms with Crippen molar-refractivity contribution in [2.75, 3.05) is 11.4 Å². The Morgan fingerprint density at radius 2 is 1.84 bits per heavy atom. The lowest BCUT2D eigenvalue weighted by atomic mass is 9.75. The highest BCUT2D eigenvalue weighted by Gasteiger charge is 2.49. The molecule has 172 valence electrons. The molecule has 1 atom stereocenters. The van der Waals surface area contributed by atoms with E-state index in [-0.39, 0.29) is 25.1 Å². The van der Waals surface area contributed by atoms with Crippen LogP contribution in [0.25, 0.3) is 0 Å². The highest BCUT2D eigenvalue weighted by atomic mass is 32.2. The third kappa shape index (κ3) is 5.26. The molecule has 0 saturated carbocycles. The molecule has 0 N–H and O–H groups in total. The van der Waals surface area contributed by atoms with Gasteiger partial charge in [-0.2, -0.15) is 40.0 Å². The molecule has 5 nitrogen and oxygen atoms in total. The quantitative estimate of drug-likeness (QED) is 0.330. The number of rotatable bonds is 5. The second-order valence-corrected chi connectivity index (χ2v) is 9.21. The van der Waals surface area contributed by atoms with Crippen molar-refractivity contribution in [2.24, 2.45) is 5.41 Å². The molecule has 0 radical (unpaired) electrons. The number of nitriles is 1. The fourth-order valence-electron chi connectivity index (χ4n) is 3.43. The summed E-state index contributed by atoms with van der Waals surface area (Å²) >= 11 is 0. The first-order valence-corrected chi connectivity index (χ1v) is 10.5. The molecule has 1 aromatic carbocycles. The van der Waals surface area contributed by atoms with Crippen molar-refractivity contribution < 1.29 is 38.9 Å². The van der Waals surface area contributed by atoms with Crippen LogP contribution in [-0.2, 0) is 20.5 Å². The first-order chi connectivity index (χ1) is 14.0. The molecule has 0 aromatic heterocycles. The molecule has 0 spiro atoms. The van der Waals surface area contributed by atoms with Gasteiger partial charge in [-0.15, -0.1) is 0 Å². The molecular formula is C19H20F6N2O3S. The Hall–Kier alpha value is -2.42. The number of nitrogens with zero attached hydrogens (tertiary/aromatic N) is 2. The molecule has 0 bridgehead atoms. The van der Waals surface area contributed by atoms with Gasteiger partial charge >= 0.3 is 21.8 Å². The molecule has 31 heavy (non-hydrogen) atoms. The molecule has 0 amide bonds. The van der Waals surface area contributed by atoms with Crippen molar-refractivity contribution in [3.8, 4) is 6.07 Å². The molecular weight excluding hydrogens is 450 g/mol. The lowest BCUT2D eigenvalue weighted by Gasteiger charge is -2.44. The highest BCUT2D eigenvalue weighted by molar-refractivity contribution is 7.87. The predicted molar refractivity (Wildman–Crippen MR) is 100 cm³/mol. The zero-order chi connectivity index (χ0) is 23.8. The normalized spacial score (nSPS) is 19.4. The van der Waals surface area contributed by atoms with Crippen molar-refractivity contribution in [1.82, 2.24) is 0 Å². The van der Waals surface area contributed by atoms with Crippen molar-refractivity contribution in [3.63, 3.8) is 0 Å². The van der Waals surface area contributed by atoms with Crippen molar-refractivity contribution in [1.29, 1.82) is 5.26 Å². The van der Waals surface area contributed by atoms with Crippen LogP contribution < -0.4 is 4.90 Å². The van der Waals surface area contributed by atoms with Crippen molar-refractivity contribution in [2.45, 2.75) is 51.3 Å². The Balaban J connectivity index is 2.53. The minimum absolute atomic E-state index is 0.0858. The number of allylic oxidation sites excluding steroid dienone is 1. The van der Waals surface area contributed by atoms with E-state index in [4.69, 9.17) is 5.26 Å². The number of anilines is 1. The average Bonchev–Trinajstić information content (AvgIpc) is 2.63. The average molecular weight is 470 g/mol. The maximum Gasteiger partial charge on any atom is 0.534 e. The predicted octanol–water partition coefficient (Wildman–Crippen LogP) is 5.34. The van der Waals surface area contributed by atoms with Crippen LogP contribution >= 0.6 is 0 Å². The molecule has 1 aromatic rings. The minimum Gasteiger partial charge on any atom is -0.381 e. The Bertz CT molecular complexity index is 1010. The van der Waals surface area contributed by atoms with E-state index < -0.39 is 50.1 Å². The van der Waals surface area contributed by atoms with Crippen molar-refractivity contribution in [3.05, 3.63) is 41.2 Å². The molecule has 2 rings (SSSR count). The fourth-order valence-corrected chi connectivity index (χ4v) is 3.95. The van der Waals surface area contributed by atoms with E-state index in [0.717, 1.165) is 12.1 Å². The summed E-state index contributed by atoms with van der Waals surface area (Å²) in [6.45, 7) is 5.32. The first-order valence-electron chi connectivity index (χ1n) is 9.13. The van der Waals surface area contributed by atoms with Gasteiger partial charge in [0.1, 0.15) is 5.76 Å². The van der Waals surface area contributed by atoms with Crippen LogP contribution in [0.4, 0.5) is 32.0 Å². The molecule has 1 unspecified atom stereocenters. The minimum atomic E-state index is -5.86. The van der Waals surface area contributed by atoms with Gasteiger partial charge in [-0.1, -0.05) is 13.8 Å². The van der Waals surface area contributed by atoms with Crippen LogP contribution in [0.3, 0.4) is 0 Å². The summed E-state index contributed by atoms with van der Waals surface area (Å²) in [5, 5.41) is 8.97. The molecule has 0 heterocycles. The molecule has 1 aliphatic rings. The fraction of sp³-hybridized carbons (Fsp3) is 0.526. The topological polar surface area (TPSA) is 70.4 Å². The van der Waals surface area contributed by atoms with Gasteiger partial charge in [0.15, 0.2) is 0 Å². The van der Waals surface area contributed by atoms with E-state index >= 15 is 0 Å². The van der Waals surface area contributed by atoms with E-state index in [0.29, 0.717) is 0 Å². The summed E-state index contributed by atoms with van der Waals surface area (Å²) in [6, 6.07) is 3.85. The second-order valence-electron chi connectivity index (χ2n) is 7.68. The maximum atomic E-state index is 13.4. The van der Waals surface area contributed by atoms with E-state index in [1.165, 1.54) is 23.1 Å². The van der Waals surface area contributed by atoms with Gasteiger partial charge in [0.2, 0.25) is 0 Å². The zero-order valence-electron chi connectivity index (χ0n) is 16.8. The summed E-state index contributed by atoms with van der Waals surface area (Å²) < 4.78 is 105. The number of alkyl halides is 6. The molecule has 12 heteroatoms. The Kier molecular flexibility index (Phi) is 6.62. The molecule has 0 fully saturated rings. The zero-order valence-corrected chi connectivity index (χ0v) is 17.6. The Labute approximate surface area is 176 Å². The largest absolute Gasteiger partial charge is 0.534 e. The lowest BCUT2D eigenvalue weighted by molar-refractivity contribution is -0.137. The monoisotopic (exact) mass is 470 g/mol. The van der Waals surface area contributed by atoms with Crippen LogP contribution in [0.1, 0.15) is 44.7 Å². The number of hydrogen-bond acceptors (Lipinski definition) is 5. The van der Waals surface area contributed by atoms with Gasteiger partial charge in [-0.3, -0.25) is 0 Å². The Morgan fingerprint density at radius 1 is 1.23 bits per heavy atom. The number of likely N-dealkylation sites (N-methyl/N-ethyl adjacent to an activating group) is 1. The van der Waals surface area contributed by atoms with Gasteiger partial charge in [0, 0.05) is 18.7 Å². The van der Waals surface area contributed by atoms with E-state index in [1.807, 2.05) is 0 Å². The van der Waals surface area contributed by atoms with Crippen LogP contribution in [0.5, 0.6) is 0 Å². The maximum absolute atomic E-state index is 13.4. The van der Waals surface area contributed by atoms with E-state index in [2.05, 4.69) is 4.18 Å². The smallest absolute Gasteiger partial charge is 0.381 e. The van der Waals surface area contributed by atoms with E-state index in [1.54, 1.807) is 20.8 Å². The Morgan fingerprint density at radius 3 is 2.32 bits per heavy atom. The van der Waals surface area contributed by atoms with Crippen LogP contribution in [0.15, 0.2) is 30.0 Å². The molecule has 0 aliphatic heterocycles. The third-order valence-corrected chi connectivity index (χ3v) is 6.10. The van der Waals surface area contributed by atoms with E-state index in [9.17, 15) is 34.8 Å². The molecule has 1 aliphatic carbocycles. The molecule has 0 saturated heterocycles. The number of benzene rings is 1. The van der Waals surface area contributed by atoms with Gasteiger partial charge in [-0.05, 0) is 43.0 Å². The van der Waals surface area contributed by atoms with Gasteiger partial charge in [-0.25, -0.2) is 0 Å².